The summed E-state index contributed by atoms with van der Waals surface area (Å²) in [7, 11) is 1.66. The van der Waals surface area contributed by atoms with Crippen LogP contribution in [0.15, 0.2) is 30.3 Å². The van der Waals surface area contributed by atoms with Crippen molar-refractivity contribution >= 4 is 11.9 Å². The third kappa shape index (κ3) is 1.66. The molecule has 1 fully saturated rings. The first kappa shape index (κ1) is 10.7. The van der Waals surface area contributed by atoms with Crippen molar-refractivity contribution in [1.29, 1.82) is 0 Å². The Hall–Kier alpha value is -1.84. The molecule has 0 unspecified atom stereocenters. The summed E-state index contributed by atoms with van der Waals surface area (Å²) in [5.41, 5.74) is 0.878. The van der Waals surface area contributed by atoms with Gasteiger partial charge in [0.1, 0.15) is 0 Å². The van der Waals surface area contributed by atoms with E-state index in [2.05, 4.69) is 0 Å². The van der Waals surface area contributed by atoms with E-state index in [4.69, 9.17) is 5.11 Å². The number of hydrogen-bond acceptors (Lipinski definition) is 2. The summed E-state index contributed by atoms with van der Waals surface area (Å²) >= 11 is 0. The number of hydrogen-bond donors (Lipinski definition) is 1. The number of carboxylic acid groups (broad SMARTS) is 1. The Labute approximate surface area is 93.5 Å². The minimum absolute atomic E-state index is 0.0887. The fourth-order valence-corrected chi connectivity index (χ4v) is 2.20. The quantitative estimate of drug-likeness (QED) is 0.815. The highest BCUT2D eigenvalue weighted by Gasteiger charge is 2.42. The molecule has 1 amide bonds. The van der Waals surface area contributed by atoms with E-state index in [1.165, 1.54) is 4.90 Å². The third-order valence-corrected chi connectivity index (χ3v) is 3.04. The molecule has 0 saturated carbocycles. The van der Waals surface area contributed by atoms with Gasteiger partial charge in [0.25, 0.3) is 0 Å². The fourth-order valence-electron chi connectivity index (χ4n) is 2.20. The zero-order valence-corrected chi connectivity index (χ0v) is 8.96. The van der Waals surface area contributed by atoms with E-state index in [1.54, 1.807) is 7.05 Å². The van der Waals surface area contributed by atoms with Crippen molar-refractivity contribution in [1.82, 2.24) is 4.90 Å². The Balaban J connectivity index is 2.37. The molecule has 4 heteroatoms. The van der Waals surface area contributed by atoms with Gasteiger partial charge in [-0.05, 0) is 5.56 Å². The molecule has 1 aromatic carbocycles. The summed E-state index contributed by atoms with van der Waals surface area (Å²) in [6, 6.07) is 8.95. The van der Waals surface area contributed by atoms with Crippen LogP contribution < -0.4 is 0 Å². The molecule has 0 bridgehead atoms. The van der Waals surface area contributed by atoms with Crippen LogP contribution in [0.5, 0.6) is 0 Å². The standard InChI is InChI=1S/C12H13NO3/c1-13-10(14)7-9(12(15)16)11(13)8-5-3-2-4-6-8/h2-6,9,11H,7H2,1H3,(H,15,16)/t9-,11+/m1/s1. The molecule has 1 heterocycles. The number of nitrogens with zero attached hydrogens (tertiary/aromatic N) is 1. The monoisotopic (exact) mass is 219 g/mol. The molecular weight excluding hydrogens is 206 g/mol. The lowest BCUT2D eigenvalue weighted by Crippen LogP contribution is -2.26. The minimum atomic E-state index is -0.911. The van der Waals surface area contributed by atoms with E-state index < -0.39 is 11.9 Å². The zero-order valence-electron chi connectivity index (χ0n) is 8.96. The Kier molecular flexibility index (Phi) is 2.64. The molecule has 1 N–H and O–H groups in total. The smallest absolute Gasteiger partial charge is 0.309 e. The van der Waals surface area contributed by atoms with Crippen LogP contribution in [0, 0.1) is 5.92 Å². The normalized spacial score (nSPS) is 24.8. The van der Waals surface area contributed by atoms with Gasteiger partial charge < -0.3 is 10.0 Å². The van der Waals surface area contributed by atoms with Gasteiger partial charge in [0.15, 0.2) is 0 Å². The average molecular weight is 219 g/mol. The third-order valence-electron chi connectivity index (χ3n) is 3.04. The van der Waals surface area contributed by atoms with Crippen LogP contribution in [-0.4, -0.2) is 28.9 Å². The lowest BCUT2D eigenvalue weighted by atomic mass is 9.94. The van der Waals surface area contributed by atoms with E-state index in [0.29, 0.717) is 0 Å². The SMILES string of the molecule is CN1C(=O)C[C@@H](C(=O)O)[C@@H]1c1ccccc1. The number of benzene rings is 1. The highest BCUT2D eigenvalue weighted by Crippen LogP contribution is 2.36. The first-order valence-electron chi connectivity index (χ1n) is 5.14. The van der Waals surface area contributed by atoms with Gasteiger partial charge in [-0.15, -0.1) is 0 Å². The second-order valence-corrected chi connectivity index (χ2v) is 4.01. The Bertz CT molecular complexity index is 416. The van der Waals surface area contributed by atoms with Crippen LogP contribution in [0.2, 0.25) is 0 Å². The van der Waals surface area contributed by atoms with Crippen molar-refractivity contribution in [2.75, 3.05) is 7.05 Å². The zero-order chi connectivity index (χ0) is 11.7. The van der Waals surface area contributed by atoms with E-state index in [1.807, 2.05) is 30.3 Å². The van der Waals surface area contributed by atoms with Gasteiger partial charge in [-0.25, -0.2) is 0 Å². The van der Waals surface area contributed by atoms with Gasteiger partial charge in [0.2, 0.25) is 5.91 Å². The highest BCUT2D eigenvalue weighted by atomic mass is 16.4. The molecule has 1 saturated heterocycles. The Morgan fingerprint density at radius 3 is 2.56 bits per heavy atom. The second-order valence-electron chi connectivity index (χ2n) is 4.01. The summed E-state index contributed by atoms with van der Waals surface area (Å²) in [6.07, 6.45) is 0.0887. The molecule has 1 aromatic rings. The molecule has 1 aliphatic heterocycles. The maximum Gasteiger partial charge on any atom is 0.309 e. The van der Waals surface area contributed by atoms with E-state index in [-0.39, 0.29) is 18.4 Å². The fraction of sp³-hybridized carbons (Fsp3) is 0.333. The van der Waals surface area contributed by atoms with Gasteiger partial charge in [0.05, 0.1) is 12.0 Å². The van der Waals surface area contributed by atoms with Crippen molar-refractivity contribution < 1.29 is 14.7 Å². The Morgan fingerprint density at radius 2 is 2.00 bits per heavy atom. The van der Waals surface area contributed by atoms with Crippen molar-refractivity contribution in [3.63, 3.8) is 0 Å². The summed E-state index contributed by atoms with van der Waals surface area (Å²) < 4.78 is 0. The summed E-state index contributed by atoms with van der Waals surface area (Å²) in [4.78, 5) is 24.2. The topological polar surface area (TPSA) is 57.6 Å². The molecule has 0 aliphatic carbocycles. The molecule has 0 aromatic heterocycles. The van der Waals surface area contributed by atoms with Crippen molar-refractivity contribution in [2.45, 2.75) is 12.5 Å². The van der Waals surface area contributed by atoms with Crippen LogP contribution in [0.4, 0.5) is 0 Å². The summed E-state index contributed by atoms with van der Waals surface area (Å²) in [5, 5.41) is 9.10. The first-order valence-corrected chi connectivity index (χ1v) is 5.14. The van der Waals surface area contributed by atoms with Gasteiger partial charge >= 0.3 is 5.97 Å². The largest absolute Gasteiger partial charge is 0.481 e. The lowest BCUT2D eigenvalue weighted by Gasteiger charge is -2.23. The lowest BCUT2D eigenvalue weighted by molar-refractivity contribution is -0.142. The highest BCUT2D eigenvalue weighted by molar-refractivity contribution is 5.87. The number of rotatable bonds is 2. The van der Waals surface area contributed by atoms with Crippen LogP contribution >= 0.6 is 0 Å². The van der Waals surface area contributed by atoms with Gasteiger partial charge in [0, 0.05) is 13.5 Å². The average Bonchev–Trinajstić information content (AvgIpc) is 2.57. The van der Waals surface area contributed by atoms with Crippen molar-refractivity contribution in [2.24, 2.45) is 5.92 Å². The first-order chi connectivity index (χ1) is 7.61. The molecule has 1 aliphatic rings. The minimum Gasteiger partial charge on any atom is -0.481 e. The molecule has 0 radical (unpaired) electrons. The molecule has 16 heavy (non-hydrogen) atoms. The summed E-state index contributed by atoms with van der Waals surface area (Å²) in [5.74, 6) is -1.66. The van der Waals surface area contributed by atoms with Crippen LogP contribution in [0.1, 0.15) is 18.0 Å². The van der Waals surface area contributed by atoms with Gasteiger partial charge in [-0.3, -0.25) is 9.59 Å². The molecule has 4 nitrogen and oxygen atoms in total. The maximum atomic E-state index is 11.5. The van der Waals surface area contributed by atoms with Crippen molar-refractivity contribution in [3.8, 4) is 0 Å². The summed E-state index contributed by atoms with van der Waals surface area (Å²) in [6.45, 7) is 0. The predicted octanol–water partition coefficient (Wildman–Crippen LogP) is 1.29. The molecule has 2 rings (SSSR count). The van der Waals surface area contributed by atoms with E-state index in [9.17, 15) is 9.59 Å². The number of aliphatic carboxylic acids is 1. The number of likely N-dealkylation sites (tertiary alicyclic amines) is 1. The number of carbonyl (C=O) groups excluding carboxylic acids is 1. The van der Waals surface area contributed by atoms with Crippen LogP contribution in [0.25, 0.3) is 0 Å². The Morgan fingerprint density at radius 1 is 1.38 bits per heavy atom. The maximum absolute atomic E-state index is 11.5. The number of carboxylic acids is 1. The molecule has 84 valence electrons. The van der Waals surface area contributed by atoms with Crippen LogP contribution in [-0.2, 0) is 9.59 Å². The van der Waals surface area contributed by atoms with Gasteiger partial charge in [-0.1, -0.05) is 30.3 Å². The predicted molar refractivity (Wildman–Crippen MR) is 57.7 cm³/mol. The number of carbonyl (C=O) groups is 2. The van der Waals surface area contributed by atoms with Crippen molar-refractivity contribution in [3.05, 3.63) is 35.9 Å². The second kappa shape index (κ2) is 3.96. The molecule has 0 spiro atoms. The number of amides is 1. The van der Waals surface area contributed by atoms with Gasteiger partial charge in [-0.2, -0.15) is 0 Å². The molecule has 2 atom stereocenters. The van der Waals surface area contributed by atoms with E-state index >= 15 is 0 Å². The van der Waals surface area contributed by atoms with Crippen LogP contribution in [0.3, 0.4) is 0 Å². The molecular formula is C12H13NO3. The van der Waals surface area contributed by atoms with E-state index in [0.717, 1.165) is 5.56 Å².